The smallest absolute Gasteiger partial charge is 0.272 e. The predicted molar refractivity (Wildman–Crippen MR) is 106 cm³/mol. The van der Waals surface area contributed by atoms with E-state index in [9.17, 15) is 18.7 Å². The quantitative estimate of drug-likeness (QED) is 0.628. The second kappa shape index (κ2) is 7.81. The van der Waals surface area contributed by atoms with E-state index in [1.807, 2.05) is 11.8 Å². The van der Waals surface area contributed by atoms with Gasteiger partial charge in [-0.15, -0.1) is 0 Å². The number of aryl methyl sites for hydroxylation is 1. The van der Waals surface area contributed by atoms with Gasteiger partial charge in [-0.1, -0.05) is 6.07 Å². The van der Waals surface area contributed by atoms with Crippen LogP contribution in [0.2, 0.25) is 0 Å². The number of H-pyrrole nitrogens is 1. The minimum atomic E-state index is -0.497. The number of rotatable bonds is 4. The molecule has 1 aliphatic rings. The minimum absolute atomic E-state index is 0.119. The first-order chi connectivity index (χ1) is 13.9. The van der Waals surface area contributed by atoms with Gasteiger partial charge in [0.1, 0.15) is 17.3 Å². The van der Waals surface area contributed by atoms with Gasteiger partial charge in [0.05, 0.1) is 24.8 Å². The fraction of sp³-hybridized carbons (Fsp3) is 0.286. The molecule has 0 spiro atoms. The maximum absolute atomic E-state index is 14.2. The molecule has 29 heavy (non-hydrogen) atoms. The van der Waals surface area contributed by atoms with Crippen LogP contribution in [-0.4, -0.2) is 48.4 Å². The maximum Gasteiger partial charge on any atom is 0.272 e. The molecule has 2 aromatic carbocycles. The molecule has 3 N–H and O–H groups in total. The van der Waals surface area contributed by atoms with Gasteiger partial charge in [0, 0.05) is 29.9 Å². The van der Waals surface area contributed by atoms with E-state index in [4.69, 9.17) is 4.74 Å². The summed E-state index contributed by atoms with van der Waals surface area (Å²) in [5.41, 5.74) is 2.43. The van der Waals surface area contributed by atoms with E-state index in [0.29, 0.717) is 36.3 Å². The Bertz CT molecular complexity index is 1030. The average Bonchev–Trinajstić information content (AvgIpc) is 3.17. The van der Waals surface area contributed by atoms with Crippen molar-refractivity contribution < 1.29 is 23.4 Å². The predicted octanol–water partition coefficient (Wildman–Crippen LogP) is 3.20. The van der Waals surface area contributed by atoms with Crippen molar-refractivity contribution >= 4 is 28.2 Å². The molecule has 0 radical (unpaired) electrons. The number of ether oxygens (including phenoxy) is 1. The summed E-state index contributed by atoms with van der Waals surface area (Å²) >= 11 is 0. The molecule has 1 aliphatic heterocycles. The number of nitrogens with one attached hydrogen (secondary N) is 2. The Labute approximate surface area is 166 Å². The molecule has 4 rings (SSSR count). The number of aromatic amines is 1. The topological polar surface area (TPSA) is 77.6 Å². The van der Waals surface area contributed by atoms with Gasteiger partial charge < -0.3 is 25.0 Å². The van der Waals surface area contributed by atoms with Gasteiger partial charge in [0.15, 0.2) is 0 Å². The highest BCUT2D eigenvalue weighted by Gasteiger charge is 2.21. The third-order valence-corrected chi connectivity index (χ3v) is 5.04. The van der Waals surface area contributed by atoms with Crippen molar-refractivity contribution in [3.05, 3.63) is 59.3 Å². The van der Waals surface area contributed by atoms with Crippen molar-refractivity contribution in [2.75, 3.05) is 36.5 Å². The van der Waals surface area contributed by atoms with Crippen LogP contribution >= 0.6 is 0 Å². The Morgan fingerprint density at radius 2 is 2.14 bits per heavy atom. The van der Waals surface area contributed by atoms with Crippen LogP contribution in [0, 0.1) is 18.6 Å². The van der Waals surface area contributed by atoms with Gasteiger partial charge in [-0.3, -0.25) is 4.79 Å². The Morgan fingerprint density at radius 3 is 2.90 bits per heavy atom. The molecule has 1 atom stereocenters. The lowest BCUT2D eigenvalue weighted by Gasteiger charge is -2.34. The summed E-state index contributed by atoms with van der Waals surface area (Å²) < 4.78 is 33.6. The summed E-state index contributed by atoms with van der Waals surface area (Å²) in [6.07, 6.45) is -0.338. The fourth-order valence-corrected chi connectivity index (χ4v) is 3.54. The zero-order valence-corrected chi connectivity index (χ0v) is 15.8. The lowest BCUT2D eigenvalue weighted by molar-refractivity contribution is 0.00356. The summed E-state index contributed by atoms with van der Waals surface area (Å²) in [6, 6.07) is 8.69. The first-order valence-corrected chi connectivity index (χ1v) is 9.32. The number of carbonyl (C=O) groups excluding carboxylic acids is 1. The molecule has 0 aliphatic carbocycles. The number of amides is 1. The van der Waals surface area contributed by atoms with Crippen LogP contribution in [0.15, 0.2) is 36.4 Å². The number of fused-ring (bicyclic) bond motifs is 1. The Kier molecular flexibility index (Phi) is 5.21. The highest BCUT2D eigenvalue weighted by molar-refractivity contribution is 6.06. The lowest BCUT2D eigenvalue weighted by atomic mass is 10.1. The van der Waals surface area contributed by atoms with E-state index in [-0.39, 0.29) is 24.1 Å². The second-order valence-corrected chi connectivity index (χ2v) is 7.11. The Hall–Kier alpha value is -2.97. The summed E-state index contributed by atoms with van der Waals surface area (Å²) in [5.74, 6) is -1.41. The van der Waals surface area contributed by atoms with Gasteiger partial charge in [0.2, 0.25) is 0 Å². The van der Waals surface area contributed by atoms with Crippen LogP contribution in [0.3, 0.4) is 0 Å². The number of morpholine rings is 1. The molecule has 6 nitrogen and oxygen atoms in total. The highest BCUT2D eigenvalue weighted by Crippen LogP contribution is 2.26. The van der Waals surface area contributed by atoms with Crippen molar-refractivity contribution in [1.82, 2.24) is 4.98 Å². The third kappa shape index (κ3) is 3.94. The summed E-state index contributed by atoms with van der Waals surface area (Å²) in [7, 11) is 0. The monoisotopic (exact) mass is 401 g/mol. The van der Waals surface area contributed by atoms with Gasteiger partial charge >= 0.3 is 0 Å². The molecule has 1 aromatic heterocycles. The number of carbonyl (C=O) groups is 1. The zero-order chi connectivity index (χ0) is 20.5. The Balaban J connectivity index is 1.58. The molecule has 1 amide bonds. The number of aromatic nitrogens is 1. The molecule has 8 heteroatoms. The van der Waals surface area contributed by atoms with Crippen LogP contribution < -0.4 is 10.2 Å². The lowest BCUT2D eigenvalue weighted by Crippen LogP contribution is -2.44. The molecule has 0 bridgehead atoms. The molecular formula is C21H21F2N3O3. The van der Waals surface area contributed by atoms with Gasteiger partial charge in [0.25, 0.3) is 5.91 Å². The molecule has 3 aromatic rings. The molecule has 2 heterocycles. The molecule has 0 saturated carbocycles. The van der Waals surface area contributed by atoms with Crippen molar-refractivity contribution in [2.24, 2.45) is 0 Å². The SMILES string of the molecule is Cc1ccc(F)c2cc(C(=O)Nc3cc(F)cc(N4CCOC(CO)C4)c3)[nH]c12. The van der Waals surface area contributed by atoms with Crippen molar-refractivity contribution in [3.63, 3.8) is 0 Å². The molecular weight excluding hydrogens is 380 g/mol. The Morgan fingerprint density at radius 1 is 1.31 bits per heavy atom. The minimum Gasteiger partial charge on any atom is -0.394 e. The zero-order valence-electron chi connectivity index (χ0n) is 15.8. The number of halogens is 2. The van der Waals surface area contributed by atoms with E-state index in [1.165, 1.54) is 24.3 Å². The van der Waals surface area contributed by atoms with Gasteiger partial charge in [-0.25, -0.2) is 8.78 Å². The van der Waals surface area contributed by atoms with Gasteiger partial charge in [-0.05, 0) is 42.8 Å². The van der Waals surface area contributed by atoms with E-state index >= 15 is 0 Å². The number of hydrogen-bond donors (Lipinski definition) is 3. The summed E-state index contributed by atoms with van der Waals surface area (Å²) in [4.78, 5) is 17.5. The fourth-order valence-electron chi connectivity index (χ4n) is 3.54. The van der Waals surface area contributed by atoms with Crippen LogP contribution in [0.5, 0.6) is 0 Å². The van der Waals surface area contributed by atoms with E-state index < -0.39 is 17.5 Å². The number of nitrogens with zero attached hydrogens (tertiary/aromatic N) is 1. The van der Waals surface area contributed by atoms with Crippen LogP contribution in [0.4, 0.5) is 20.2 Å². The van der Waals surface area contributed by atoms with Crippen molar-refractivity contribution in [3.8, 4) is 0 Å². The average molecular weight is 401 g/mol. The van der Waals surface area contributed by atoms with E-state index in [0.717, 1.165) is 5.56 Å². The largest absolute Gasteiger partial charge is 0.394 e. The van der Waals surface area contributed by atoms with Crippen LogP contribution in [0.25, 0.3) is 10.9 Å². The van der Waals surface area contributed by atoms with Crippen molar-refractivity contribution in [1.29, 1.82) is 0 Å². The molecule has 152 valence electrons. The summed E-state index contributed by atoms with van der Waals surface area (Å²) in [5, 5.41) is 12.3. The van der Waals surface area contributed by atoms with E-state index in [2.05, 4.69) is 10.3 Å². The molecule has 1 fully saturated rings. The molecule has 1 saturated heterocycles. The standard InChI is InChI=1S/C21H21F2N3O3/c1-12-2-3-18(23)17-9-19(25-20(12)17)21(28)24-14-6-13(22)7-15(8-14)26-4-5-29-16(10-26)11-27/h2-3,6-9,16,25,27H,4-5,10-11H2,1H3,(H,24,28). The number of anilines is 2. The second-order valence-electron chi connectivity index (χ2n) is 7.11. The highest BCUT2D eigenvalue weighted by atomic mass is 19.1. The first-order valence-electron chi connectivity index (χ1n) is 9.32. The van der Waals surface area contributed by atoms with Crippen LogP contribution in [-0.2, 0) is 4.74 Å². The van der Waals surface area contributed by atoms with E-state index in [1.54, 1.807) is 12.1 Å². The number of aliphatic hydroxyl groups is 1. The number of benzene rings is 2. The number of aliphatic hydroxyl groups excluding tert-OH is 1. The first kappa shape index (κ1) is 19.4. The normalized spacial score (nSPS) is 17.0. The molecule has 1 unspecified atom stereocenters. The summed E-state index contributed by atoms with van der Waals surface area (Å²) in [6.45, 7) is 3.10. The maximum atomic E-state index is 14.2. The van der Waals surface area contributed by atoms with Crippen LogP contribution in [0.1, 0.15) is 16.1 Å². The third-order valence-electron chi connectivity index (χ3n) is 5.04. The number of hydrogen-bond acceptors (Lipinski definition) is 4. The van der Waals surface area contributed by atoms with Crippen molar-refractivity contribution in [2.45, 2.75) is 13.0 Å². The van der Waals surface area contributed by atoms with Gasteiger partial charge in [-0.2, -0.15) is 0 Å².